The van der Waals surface area contributed by atoms with Crippen LogP contribution in [0.15, 0.2) is 36.4 Å². The number of imide groups is 1. The highest BCUT2D eigenvalue weighted by Crippen LogP contribution is 2.60. The smallest absolute Gasteiger partial charge is 0.271 e. The standard InChI is InChI=1S/C24H22N4O5/c1-12-5-8-16-15(10-12)24(23(31)25-16)20-19(17-4-3-9-26(17)24)21(29)27(22(20)30)18-11-14(28(32)33)7-6-13(18)2/h5-8,10-11,17,19-20H,3-4,9H2,1-2H3,(H,25,31). The lowest BCUT2D eigenvalue weighted by molar-refractivity contribution is -0.384. The normalized spacial score (nSPS) is 30.1. The molecule has 33 heavy (non-hydrogen) atoms. The summed E-state index contributed by atoms with van der Waals surface area (Å²) in [5.41, 5.74) is 1.75. The van der Waals surface area contributed by atoms with Crippen molar-refractivity contribution in [1.29, 1.82) is 0 Å². The van der Waals surface area contributed by atoms with Gasteiger partial charge in [0.2, 0.25) is 17.7 Å². The Bertz CT molecular complexity index is 1290. The first kappa shape index (κ1) is 20.0. The van der Waals surface area contributed by atoms with E-state index in [1.807, 2.05) is 25.1 Å². The SMILES string of the molecule is Cc1ccc2c(c1)C1(C(=O)N2)C2C(=O)N(c3cc([N+](=O)[O-])ccc3C)C(=O)C2C2CCCN21. The second-order valence-electron chi connectivity index (χ2n) is 9.42. The second kappa shape index (κ2) is 6.48. The molecule has 4 aliphatic heterocycles. The summed E-state index contributed by atoms with van der Waals surface area (Å²) in [6, 6.07) is 9.64. The predicted octanol–water partition coefficient (Wildman–Crippen LogP) is 2.64. The number of carbonyl (C=O) groups is 3. The molecule has 2 aromatic carbocycles. The lowest BCUT2D eigenvalue weighted by Crippen LogP contribution is -2.54. The van der Waals surface area contributed by atoms with E-state index in [0.717, 1.165) is 28.9 Å². The predicted molar refractivity (Wildman–Crippen MR) is 119 cm³/mol. The first-order valence-corrected chi connectivity index (χ1v) is 11.1. The largest absolute Gasteiger partial charge is 0.324 e. The van der Waals surface area contributed by atoms with Crippen molar-refractivity contribution in [2.75, 3.05) is 16.8 Å². The number of benzene rings is 2. The molecule has 4 atom stereocenters. The van der Waals surface area contributed by atoms with Crippen LogP contribution >= 0.6 is 0 Å². The van der Waals surface area contributed by atoms with Gasteiger partial charge in [0.15, 0.2) is 0 Å². The average Bonchev–Trinajstić information content (AvgIpc) is 3.47. The van der Waals surface area contributed by atoms with Gasteiger partial charge in [0.25, 0.3) is 5.69 Å². The number of aryl methyl sites for hydroxylation is 2. The summed E-state index contributed by atoms with van der Waals surface area (Å²) in [7, 11) is 0. The summed E-state index contributed by atoms with van der Waals surface area (Å²) in [5, 5.41) is 14.3. The maximum atomic E-state index is 14.0. The molecule has 0 saturated carbocycles. The Morgan fingerprint density at radius 2 is 1.88 bits per heavy atom. The maximum absolute atomic E-state index is 14.0. The van der Waals surface area contributed by atoms with E-state index < -0.39 is 28.2 Å². The Balaban J connectivity index is 1.56. The highest BCUT2D eigenvalue weighted by atomic mass is 16.6. The van der Waals surface area contributed by atoms with Gasteiger partial charge in [-0.15, -0.1) is 0 Å². The number of fused-ring (bicyclic) bond motifs is 7. The van der Waals surface area contributed by atoms with Gasteiger partial charge in [-0.1, -0.05) is 23.8 Å². The molecule has 4 unspecified atom stereocenters. The lowest BCUT2D eigenvalue weighted by atomic mass is 9.75. The summed E-state index contributed by atoms with van der Waals surface area (Å²) < 4.78 is 0. The Morgan fingerprint density at radius 3 is 2.64 bits per heavy atom. The van der Waals surface area contributed by atoms with Crippen molar-refractivity contribution in [3.05, 3.63) is 63.2 Å². The maximum Gasteiger partial charge on any atom is 0.271 e. The average molecular weight is 446 g/mol. The first-order valence-electron chi connectivity index (χ1n) is 11.1. The molecule has 9 nitrogen and oxygen atoms in total. The third kappa shape index (κ3) is 2.32. The van der Waals surface area contributed by atoms with Crippen molar-refractivity contribution in [3.8, 4) is 0 Å². The molecule has 3 saturated heterocycles. The summed E-state index contributed by atoms with van der Waals surface area (Å²) in [5.74, 6) is -2.67. The number of non-ortho nitro benzene ring substituents is 1. The van der Waals surface area contributed by atoms with Crippen molar-refractivity contribution in [1.82, 2.24) is 4.90 Å². The highest BCUT2D eigenvalue weighted by Gasteiger charge is 2.74. The van der Waals surface area contributed by atoms with Crippen LogP contribution in [-0.4, -0.2) is 40.1 Å². The van der Waals surface area contributed by atoms with Gasteiger partial charge in [-0.2, -0.15) is 0 Å². The monoisotopic (exact) mass is 446 g/mol. The van der Waals surface area contributed by atoms with E-state index in [9.17, 15) is 24.5 Å². The number of carbonyl (C=O) groups excluding carboxylic acids is 3. The number of amides is 3. The van der Waals surface area contributed by atoms with Gasteiger partial charge in [0, 0.05) is 29.4 Å². The van der Waals surface area contributed by atoms with Crippen LogP contribution in [0.3, 0.4) is 0 Å². The van der Waals surface area contributed by atoms with Crippen molar-refractivity contribution < 1.29 is 19.3 Å². The van der Waals surface area contributed by atoms with E-state index in [-0.39, 0.29) is 29.2 Å². The minimum atomic E-state index is -1.25. The number of nitrogens with zero attached hydrogens (tertiary/aromatic N) is 3. The van der Waals surface area contributed by atoms with E-state index >= 15 is 0 Å². The van der Waals surface area contributed by atoms with E-state index in [1.54, 1.807) is 13.0 Å². The molecule has 3 fully saturated rings. The number of hydrogen-bond donors (Lipinski definition) is 1. The van der Waals surface area contributed by atoms with E-state index in [4.69, 9.17) is 0 Å². The molecule has 6 rings (SSSR count). The molecule has 3 amide bonds. The Labute approximate surface area is 189 Å². The molecule has 4 aliphatic rings. The van der Waals surface area contributed by atoms with Gasteiger partial charge in [-0.05, 0) is 44.9 Å². The molecule has 4 heterocycles. The molecule has 9 heteroatoms. The quantitative estimate of drug-likeness (QED) is 0.431. The zero-order valence-corrected chi connectivity index (χ0v) is 18.2. The minimum Gasteiger partial charge on any atom is -0.324 e. The molecule has 1 spiro atoms. The summed E-state index contributed by atoms with van der Waals surface area (Å²) in [4.78, 5) is 55.4. The van der Waals surface area contributed by atoms with E-state index in [1.165, 1.54) is 12.1 Å². The van der Waals surface area contributed by atoms with Gasteiger partial charge in [0.1, 0.15) is 5.54 Å². The van der Waals surface area contributed by atoms with Crippen LogP contribution in [0.2, 0.25) is 0 Å². The van der Waals surface area contributed by atoms with Gasteiger partial charge in [0.05, 0.1) is 22.4 Å². The molecule has 0 aliphatic carbocycles. The van der Waals surface area contributed by atoms with Crippen LogP contribution in [0.4, 0.5) is 17.1 Å². The van der Waals surface area contributed by atoms with Crippen molar-refractivity contribution >= 4 is 34.8 Å². The zero-order valence-electron chi connectivity index (χ0n) is 18.2. The van der Waals surface area contributed by atoms with Gasteiger partial charge >= 0.3 is 0 Å². The fourth-order valence-corrected chi connectivity index (χ4v) is 6.51. The fourth-order valence-electron chi connectivity index (χ4n) is 6.51. The summed E-state index contributed by atoms with van der Waals surface area (Å²) in [6.07, 6.45) is 1.56. The molecule has 0 bridgehead atoms. The zero-order chi connectivity index (χ0) is 23.2. The van der Waals surface area contributed by atoms with Gasteiger partial charge in [-0.25, -0.2) is 4.90 Å². The van der Waals surface area contributed by atoms with Crippen molar-refractivity contribution in [2.45, 2.75) is 38.3 Å². The third-order valence-electron chi connectivity index (χ3n) is 7.79. The van der Waals surface area contributed by atoms with Crippen molar-refractivity contribution in [3.63, 3.8) is 0 Å². The Hall–Kier alpha value is -3.59. The Morgan fingerprint density at radius 1 is 1.09 bits per heavy atom. The van der Waals surface area contributed by atoms with E-state index in [2.05, 4.69) is 10.2 Å². The molecule has 0 radical (unpaired) electrons. The molecular formula is C24H22N4O5. The van der Waals surface area contributed by atoms with Crippen LogP contribution in [0.5, 0.6) is 0 Å². The van der Waals surface area contributed by atoms with Crippen molar-refractivity contribution in [2.24, 2.45) is 11.8 Å². The number of nitrogens with one attached hydrogen (secondary N) is 1. The third-order valence-corrected chi connectivity index (χ3v) is 7.79. The lowest BCUT2D eigenvalue weighted by Gasteiger charge is -2.36. The van der Waals surface area contributed by atoms with Crippen LogP contribution in [0.25, 0.3) is 0 Å². The molecule has 1 N–H and O–H groups in total. The number of rotatable bonds is 2. The van der Waals surface area contributed by atoms with Crippen LogP contribution in [0.1, 0.15) is 29.5 Å². The molecule has 168 valence electrons. The van der Waals surface area contributed by atoms with Crippen LogP contribution in [-0.2, 0) is 19.9 Å². The molecular weight excluding hydrogens is 424 g/mol. The molecule has 2 aromatic rings. The molecule has 0 aromatic heterocycles. The highest BCUT2D eigenvalue weighted by molar-refractivity contribution is 6.26. The first-order chi connectivity index (χ1) is 15.8. The van der Waals surface area contributed by atoms with Gasteiger partial charge in [-0.3, -0.25) is 29.4 Å². The minimum absolute atomic E-state index is 0.190. The number of anilines is 2. The van der Waals surface area contributed by atoms with Gasteiger partial charge < -0.3 is 5.32 Å². The van der Waals surface area contributed by atoms with Crippen LogP contribution in [0, 0.1) is 35.8 Å². The van der Waals surface area contributed by atoms with Crippen LogP contribution < -0.4 is 10.2 Å². The second-order valence-corrected chi connectivity index (χ2v) is 9.42. The number of nitro groups is 1. The fraction of sp³-hybridized carbons (Fsp3) is 0.375. The topological polar surface area (TPSA) is 113 Å². The number of hydrogen-bond acceptors (Lipinski definition) is 6. The summed E-state index contributed by atoms with van der Waals surface area (Å²) in [6.45, 7) is 4.28. The Kier molecular flexibility index (Phi) is 3.93. The number of nitro benzene ring substituents is 1. The summed E-state index contributed by atoms with van der Waals surface area (Å²) >= 11 is 0. The van der Waals surface area contributed by atoms with E-state index in [0.29, 0.717) is 17.8 Å².